The summed E-state index contributed by atoms with van der Waals surface area (Å²) < 4.78 is 44.8. The molecule has 2 aromatic rings. The van der Waals surface area contributed by atoms with Gasteiger partial charge in [-0.2, -0.15) is 0 Å². The first-order chi connectivity index (χ1) is 13.3. The maximum absolute atomic E-state index is 13.6. The van der Waals surface area contributed by atoms with Crippen molar-refractivity contribution in [1.82, 2.24) is 10.2 Å². The maximum Gasteiger partial charge on any atom is 0.238 e. The summed E-state index contributed by atoms with van der Waals surface area (Å²) in [6.45, 7) is -0.0429. The van der Waals surface area contributed by atoms with E-state index in [1.807, 2.05) is 6.07 Å². The largest absolute Gasteiger partial charge is 0.497 e. The van der Waals surface area contributed by atoms with E-state index < -0.39 is 29.0 Å². The minimum atomic E-state index is -1.66. The Balaban J connectivity index is 1.80. The SMILES string of the molecule is COc1cccc(CNC(=O)CN(C)CC(=O)Nc2ccc(F)c(F)c2F)c1. The molecule has 9 heteroatoms. The van der Waals surface area contributed by atoms with Crippen LogP contribution in [0, 0.1) is 17.5 Å². The average molecular weight is 395 g/mol. The third-order valence-corrected chi connectivity index (χ3v) is 3.76. The second-order valence-electron chi connectivity index (χ2n) is 6.07. The molecule has 0 aliphatic heterocycles. The Morgan fingerprint density at radius 3 is 2.46 bits per heavy atom. The van der Waals surface area contributed by atoms with Gasteiger partial charge in [0.1, 0.15) is 5.75 Å². The molecule has 0 aliphatic carbocycles. The highest BCUT2D eigenvalue weighted by Gasteiger charge is 2.16. The molecule has 0 saturated heterocycles. The number of carbonyl (C=O) groups excluding carboxylic acids is 2. The smallest absolute Gasteiger partial charge is 0.238 e. The molecule has 0 unspecified atom stereocenters. The molecule has 6 nitrogen and oxygen atoms in total. The molecule has 0 radical (unpaired) electrons. The Hall–Kier alpha value is -3.07. The van der Waals surface area contributed by atoms with Crippen molar-refractivity contribution >= 4 is 17.5 Å². The Labute approximate surface area is 160 Å². The maximum atomic E-state index is 13.6. The quantitative estimate of drug-likeness (QED) is 0.673. The van der Waals surface area contributed by atoms with Crippen LogP contribution in [-0.2, 0) is 16.1 Å². The van der Waals surface area contributed by atoms with Crippen molar-refractivity contribution in [1.29, 1.82) is 0 Å². The summed E-state index contributed by atoms with van der Waals surface area (Å²) in [5, 5.41) is 4.85. The monoisotopic (exact) mass is 395 g/mol. The van der Waals surface area contributed by atoms with Crippen LogP contribution in [0.4, 0.5) is 18.9 Å². The summed E-state index contributed by atoms with van der Waals surface area (Å²) in [5.41, 5.74) is 0.377. The van der Waals surface area contributed by atoms with E-state index in [9.17, 15) is 22.8 Å². The van der Waals surface area contributed by atoms with Crippen LogP contribution in [0.5, 0.6) is 5.75 Å². The number of hydrogen-bond donors (Lipinski definition) is 2. The van der Waals surface area contributed by atoms with Crippen LogP contribution >= 0.6 is 0 Å². The Kier molecular flexibility index (Phi) is 7.39. The topological polar surface area (TPSA) is 70.7 Å². The van der Waals surface area contributed by atoms with E-state index in [2.05, 4.69) is 10.6 Å². The van der Waals surface area contributed by atoms with Gasteiger partial charge in [0.2, 0.25) is 11.8 Å². The zero-order chi connectivity index (χ0) is 20.7. The third kappa shape index (κ3) is 5.98. The lowest BCUT2D eigenvalue weighted by atomic mass is 10.2. The summed E-state index contributed by atoms with van der Waals surface area (Å²) in [6.07, 6.45) is 0. The highest BCUT2D eigenvalue weighted by atomic mass is 19.2. The van der Waals surface area contributed by atoms with Gasteiger partial charge in [-0.1, -0.05) is 12.1 Å². The van der Waals surface area contributed by atoms with Crippen LogP contribution in [0.1, 0.15) is 5.56 Å². The number of ether oxygens (including phenoxy) is 1. The minimum absolute atomic E-state index is 0.0857. The van der Waals surface area contributed by atoms with E-state index in [0.717, 1.165) is 11.6 Å². The molecule has 0 aliphatic rings. The fourth-order valence-corrected chi connectivity index (χ4v) is 2.40. The number of methoxy groups -OCH3 is 1. The van der Waals surface area contributed by atoms with Crippen molar-refractivity contribution in [3.63, 3.8) is 0 Å². The van der Waals surface area contributed by atoms with Gasteiger partial charge in [-0.05, 0) is 36.9 Å². The first-order valence-electron chi connectivity index (χ1n) is 8.31. The molecule has 0 atom stereocenters. The van der Waals surface area contributed by atoms with E-state index in [-0.39, 0.29) is 25.5 Å². The molecule has 2 N–H and O–H groups in total. The van der Waals surface area contributed by atoms with Crippen LogP contribution < -0.4 is 15.4 Å². The highest BCUT2D eigenvalue weighted by molar-refractivity contribution is 5.92. The molecule has 0 aromatic heterocycles. The van der Waals surface area contributed by atoms with Gasteiger partial charge in [0.05, 0.1) is 25.9 Å². The number of rotatable bonds is 8. The van der Waals surface area contributed by atoms with Crippen molar-refractivity contribution < 1.29 is 27.5 Å². The molecule has 28 heavy (non-hydrogen) atoms. The number of carbonyl (C=O) groups is 2. The van der Waals surface area contributed by atoms with Crippen LogP contribution in [0.15, 0.2) is 36.4 Å². The molecule has 2 rings (SSSR count). The zero-order valence-electron chi connectivity index (χ0n) is 15.4. The van der Waals surface area contributed by atoms with E-state index in [1.165, 1.54) is 11.9 Å². The number of benzene rings is 2. The van der Waals surface area contributed by atoms with Crippen LogP contribution in [0.25, 0.3) is 0 Å². The summed E-state index contributed by atoms with van der Waals surface area (Å²) in [4.78, 5) is 25.3. The predicted octanol–water partition coefficient (Wildman–Crippen LogP) is 2.30. The Morgan fingerprint density at radius 2 is 1.75 bits per heavy atom. The van der Waals surface area contributed by atoms with Gasteiger partial charge in [0, 0.05) is 6.54 Å². The van der Waals surface area contributed by atoms with Gasteiger partial charge >= 0.3 is 0 Å². The standard InChI is InChI=1S/C19H20F3N3O3/c1-25(10-16(26)23-9-12-4-3-5-13(8-12)28-2)11-17(27)24-15-7-6-14(20)18(21)19(15)22/h3-8H,9-11H2,1-2H3,(H,23,26)(H,24,27). The van der Waals surface area contributed by atoms with Gasteiger partial charge in [-0.3, -0.25) is 14.5 Å². The molecule has 2 aromatic carbocycles. The van der Waals surface area contributed by atoms with Crippen molar-refractivity contribution in [3.8, 4) is 5.75 Å². The van der Waals surface area contributed by atoms with Crippen LogP contribution in [-0.4, -0.2) is 44.0 Å². The van der Waals surface area contributed by atoms with Crippen molar-refractivity contribution in [2.75, 3.05) is 32.6 Å². The van der Waals surface area contributed by atoms with Crippen molar-refractivity contribution in [3.05, 3.63) is 59.4 Å². The third-order valence-electron chi connectivity index (χ3n) is 3.76. The fraction of sp³-hybridized carbons (Fsp3) is 0.263. The van der Waals surface area contributed by atoms with Crippen molar-refractivity contribution in [2.24, 2.45) is 0 Å². The number of hydrogen-bond acceptors (Lipinski definition) is 4. The minimum Gasteiger partial charge on any atom is -0.497 e. The zero-order valence-corrected chi connectivity index (χ0v) is 15.4. The van der Waals surface area contributed by atoms with Crippen LogP contribution in [0.2, 0.25) is 0 Å². The van der Waals surface area contributed by atoms with Crippen LogP contribution in [0.3, 0.4) is 0 Å². The van der Waals surface area contributed by atoms with E-state index in [0.29, 0.717) is 11.8 Å². The fourth-order valence-electron chi connectivity index (χ4n) is 2.40. The molecular formula is C19H20F3N3O3. The summed E-state index contributed by atoms with van der Waals surface area (Å²) in [7, 11) is 3.07. The lowest BCUT2D eigenvalue weighted by Crippen LogP contribution is -2.38. The number of likely N-dealkylation sites (N-methyl/N-ethyl adjacent to an activating group) is 1. The molecule has 0 saturated carbocycles. The number of nitrogens with one attached hydrogen (secondary N) is 2. The van der Waals surface area contributed by atoms with E-state index >= 15 is 0 Å². The summed E-state index contributed by atoms with van der Waals surface area (Å²) >= 11 is 0. The number of amides is 2. The van der Waals surface area contributed by atoms with Gasteiger partial charge in [-0.25, -0.2) is 13.2 Å². The molecular weight excluding hydrogens is 375 g/mol. The number of anilines is 1. The van der Waals surface area contributed by atoms with E-state index in [4.69, 9.17) is 4.74 Å². The predicted molar refractivity (Wildman–Crippen MR) is 97.3 cm³/mol. The molecule has 0 heterocycles. The lowest BCUT2D eigenvalue weighted by Gasteiger charge is -2.16. The molecule has 0 spiro atoms. The molecule has 2 amide bonds. The Bertz CT molecular complexity index is 862. The average Bonchev–Trinajstić information content (AvgIpc) is 2.67. The first-order valence-corrected chi connectivity index (χ1v) is 8.31. The van der Waals surface area contributed by atoms with E-state index in [1.54, 1.807) is 25.3 Å². The second kappa shape index (κ2) is 9.75. The highest BCUT2D eigenvalue weighted by Crippen LogP contribution is 2.19. The molecule has 0 fully saturated rings. The van der Waals surface area contributed by atoms with Gasteiger partial charge in [0.25, 0.3) is 0 Å². The number of halogens is 3. The molecule has 150 valence electrons. The first kappa shape index (κ1) is 21.2. The summed E-state index contributed by atoms with van der Waals surface area (Å²) in [6, 6.07) is 8.84. The Morgan fingerprint density at radius 1 is 1.04 bits per heavy atom. The number of nitrogens with zero attached hydrogens (tertiary/aromatic N) is 1. The van der Waals surface area contributed by atoms with Gasteiger partial charge in [0.15, 0.2) is 17.5 Å². The van der Waals surface area contributed by atoms with Gasteiger partial charge in [-0.15, -0.1) is 0 Å². The normalized spacial score (nSPS) is 10.6. The van der Waals surface area contributed by atoms with Gasteiger partial charge < -0.3 is 15.4 Å². The summed E-state index contributed by atoms with van der Waals surface area (Å²) in [5.74, 6) is -4.81. The molecule has 0 bridgehead atoms. The lowest BCUT2D eigenvalue weighted by molar-refractivity contribution is -0.123. The van der Waals surface area contributed by atoms with Crippen molar-refractivity contribution in [2.45, 2.75) is 6.54 Å². The second-order valence-corrected chi connectivity index (χ2v) is 6.07.